The van der Waals surface area contributed by atoms with E-state index in [0.717, 1.165) is 23.7 Å². The van der Waals surface area contributed by atoms with Crippen molar-refractivity contribution in [3.05, 3.63) is 35.5 Å². The summed E-state index contributed by atoms with van der Waals surface area (Å²) in [5.74, 6) is 3.59. The van der Waals surface area contributed by atoms with Gasteiger partial charge in [0.25, 0.3) is 0 Å². The fraction of sp³-hybridized carbons (Fsp3) is 0.786. The third-order valence-corrected chi connectivity index (χ3v) is 8.43. The van der Waals surface area contributed by atoms with Crippen LogP contribution < -0.4 is 0 Å². The molecular weight excluding hydrogens is 336 g/mol. The Labute approximate surface area is 176 Å². The summed E-state index contributed by atoms with van der Waals surface area (Å²) in [6, 6.07) is 0. The van der Waals surface area contributed by atoms with Crippen molar-refractivity contribution in [2.24, 2.45) is 34.5 Å². The average molecular weight is 383 g/mol. The van der Waals surface area contributed by atoms with Gasteiger partial charge in [0.05, 0.1) is 0 Å². The van der Waals surface area contributed by atoms with Crippen LogP contribution in [-0.2, 0) is 0 Å². The van der Waals surface area contributed by atoms with Crippen molar-refractivity contribution in [2.75, 3.05) is 0 Å². The van der Waals surface area contributed by atoms with E-state index in [1.165, 1.54) is 64.2 Å². The van der Waals surface area contributed by atoms with Gasteiger partial charge in [-0.3, -0.25) is 0 Å². The van der Waals surface area contributed by atoms with E-state index in [-0.39, 0.29) is 0 Å². The van der Waals surface area contributed by atoms with E-state index >= 15 is 0 Å². The van der Waals surface area contributed by atoms with Crippen LogP contribution in [0.5, 0.6) is 0 Å². The van der Waals surface area contributed by atoms with Gasteiger partial charge < -0.3 is 0 Å². The maximum atomic E-state index is 2.59. The van der Waals surface area contributed by atoms with E-state index in [9.17, 15) is 0 Å². The van der Waals surface area contributed by atoms with Gasteiger partial charge in [-0.15, -0.1) is 0 Å². The van der Waals surface area contributed by atoms with Gasteiger partial charge in [-0.2, -0.15) is 0 Å². The highest BCUT2D eigenvalue weighted by Gasteiger charge is 2.39. The Balaban J connectivity index is 1.64. The molecule has 0 heterocycles. The molecule has 0 aromatic heterocycles. The maximum Gasteiger partial charge on any atom is -0.0116 e. The molecule has 0 saturated heterocycles. The molecule has 0 spiro atoms. The summed E-state index contributed by atoms with van der Waals surface area (Å²) in [5, 5.41) is 0. The lowest BCUT2D eigenvalue weighted by molar-refractivity contribution is 0.226. The lowest BCUT2D eigenvalue weighted by atomic mass is 9.66. The topological polar surface area (TPSA) is 0 Å². The second-order valence-electron chi connectivity index (χ2n) is 11.9. The van der Waals surface area contributed by atoms with Gasteiger partial charge in [0.15, 0.2) is 0 Å². The van der Waals surface area contributed by atoms with Crippen LogP contribution in [0.2, 0.25) is 0 Å². The molecule has 4 unspecified atom stereocenters. The van der Waals surface area contributed by atoms with Gasteiger partial charge >= 0.3 is 0 Å². The summed E-state index contributed by atoms with van der Waals surface area (Å²) >= 11 is 0. The van der Waals surface area contributed by atoms with Crippen LogP contribution >= 0.6 is 0 Å². The van der Waals surface area contributed by atoms with E-state index in [4.69, 9.17) is 0 Å². The average Bonchev–Trinajstić information content (AvgIpc) is 3.03. The molecule has 0 bridgehead atoms. The first-order valence-electron chi connectivity index (χ1n) is 12.2. The molecule has 3 aliphatic rings. The second-order valence-corrected chi connectivity index (χ2v) is 11.9. The zero-order chi connectivity index (χ0) is 20.4. The lowest BCUT2D eigenvalue weighted by Gasteiger charge is -2.39. The van der Waals surface area contributed by atoms with Crippen molar-refractivity contribution in [2.45, 2.75) is 106 Å². The zero-order valence-electron chi connectivity index (χ0n) is 19.7. The first-order valence-corrected chi connectivity index (χ1v) is 12.2. The van der Waals surface area contributed by atoms with Gasteiger partial charge in [0.1, 0.15) is 0 Å². The van der Waals surface area contributed by atoms with Crippen molar-refractivity contribution in [1.82, 2.24) is 0 Å². The molecule has 28 heavy (non-hydrogen) atoms. The third kappa shape index (κ3) is 5.22. The van der Waals surface area contributed by atoms with Crippen LogP contribution in [0.25, 0.3) is 0 Å². The fourth-order valence-electron chi connectivity index (χ4n) is 6.09. The van der Waals surface area contributed by atoms with Crippen molar-refractivity contribution >= 4 is 0 Å². The monoisotopic (exact) mass is 382 g/mol. The van der Waals surface area contributed by atoms with Gasteiger partial charge in [-0.25, -0.2) is 0 Å². The summed E-state index contributed by atoms with van der Waals surface area (Å²) in [5.41, 5.74) is 4.31. The highest BCUT2D eigenvalue weighted by Crippen LogP contribution is 2.50. The summed E-state index contributed by atoms with van der Waals surface area (Å²) in [7, 11) is 0. The molecular formula is C28H46. The molecule has 0 nitrogen and oxygen atoms in total. The van der Waals surface area contributed by atoms with Crippen LogP contribution in [0.15, 0.2) is 35.5 Å². The van der Waals surface area contributed by atoms with Crippen LogP contribution in [0.1, 0.15) is 106 Å². The Morgan fingerprint density at radius 2 is 1.68 bits per heavy atom. The molecule has 4 atom stereocenters. The predicted molar refractivity (Wildman–Crippen MR) is 124 cm³/mol. The second kappa shape index (κ2) is 8.93. The molecule has 3 saturated carbocycles. The highest BCUT2D eigenvalue weighted by atomic mass is 14.4. The van der Waals surface area contributed by atoms with E-state index in [2.05, 4.69) is 65.8 Å². The van der Waals surface area contributed by atoms with Crippen molar-refractivity contribution < 1.29 is 0 Å². The Morgan fingerprint density at radius 3 is 2.43 bits per heavy atom. The molecule has 158 valence electrons. The number of hydrogen-bond acceptors (Lipinski definition) is 0. The van der Waals surface area contributed by atoms with Gasteiger partial charge in [0, 0.05) is 0 Å². The summed E-state index contributed by atoms with van der Waals surface area (Å²) < 4.78 is 0. The van der Waals surface area contributed by atoms with E-state index in [1.54, 1.807) is 11.1 Å². The first kappa shape index (κ1) is 21.9. The largest absolute Gasteiger partial charge is 0.0882 e. The molecule has 0 aromatic carbocycles. The third-order valence-electron chi connectivity index (χ3n) is 8.43. The molecule has 3 fully saturated rings. The van der Waals surface area contributed by atoms with Gasteiger partial charge in [-0.1, -0.05) is 77.0 Å². The molecule has 0 aliphatic heterocycles. The van der Waals surface area contributed by atoms with E-state index in [0.29, 0.717) is 10.8 Å². The smallest absolute Gasteiger partial charge is 0.0116 e. The summed E-state index contributed by atoms with van der Waals surface area (Å²) in [6.07, 6.45) is 23.9. The van der Waals surface area contributed by atoms with E-state index in [1.807, 2.05) is 0 Å². The minimum atomic E-state index is 0.388. The summed E-state index contributed by atoms with van der Waals surface area (Å²) in [6.45, 7) is 14.4. The SMILES string of the molecule is CC1CCC/C(=C/C=C2\CCCC3C(C/C=C/CC(C)(C)C)CCC23)C1(C)C. The molecule has 0 aromatic rings. The summed E-state index contributed by atoms with van der Waals surface area (Å²) in [4.78, 5) is 0. The predicted octanol–water partition coefficient (Wildman–Crippen LogP) is 8.89. The maximum absolute atomic E-state index is 2.59. The zero-order valence-corrected chi connectivity index (χ0v) is 19.7. The standard InChI is InChI=1S/C28H46/c1-21-11-9-14-24(28(21,5)6)18-16-23-13-10-15-25-22(17-19-26(23)25)12-7-8-20-27(2,3)4/h7-8,16,18,21-22,25-26H,9-15,17,19-20H2,1-6H3/b8-7+,23-16+,24-18-. The highest BCUT2D eigenvalue weighted by molar-refractivity contribution is 5.27. The minimum absolute atomic E-state index is 0.388. The number of rotatable bonds is 4. The number of fused-ring (bicyclic) bond motifs is 1. The Bertz CT molecular complexity index is 606. The van der Waals surface area contributed by atoms with Crippen LogP contribution in [0.4, 0.5) is 0 Å². The van der Waals surface area contributed by atoms with Crippen LogP contribution in [0, 0.1) is 34.5 Å². The molecule has 0 heteroatoms. The molecule has 0 amide bonds. The molecule has 3 aliphatic carbocycles. The van der Waals surface area contributed by atoms with Crippen LogP contribution in [-0.4, -0.2) is 0 Å². The fourth-order valence-corrected chi connectivity index (χ4v) is 6.09. The first-order chi connectivity index (χ1) is 13.2. The Morgan fingerprint density at radius 1 is 0.929 bits per heavy atom. The van der Waals surface area contributed by atoms with Crippen molar-refractivity contribution in [3.8, 4) is 0 Å². The van der Waals surface area contributed by atoms with Crippen molar-refractivity contribution in [1.29, 1.82) is 0 Å². The quantitative estimate of drug-likeness (QED) is 0.426. The number of hydrogen-bond donors (Lipinski definition) is 0. The van der Waals surface area contributed by atoms with Gasteiger partial charge in [-0.05, 0) is 98.7 Å². The molecule has 3 rings (SSSR count). The minimum Gasteiger partial charge on any atom is -0.0882 e. The van der Waals surface area contributed by atoms with Gasteiger partial charge in [0.2, 0.25) is 0 Å². The lowest BCUT2D eigenvalue weighted by Crippen LogP contribution is -2.28. The van der Waals surface area contributed by atoms with Crippen molar-refractivity contribution in [3.63, 3.8) is 0 Å². The normalized spacial score (nSPS) is 36.4. The molecule has 0 N–H and O–H groups in total. The van der Waals surface area contributed by atoms with Crippen LogP contribution in [0.3, 0.4) is 0 Å². The van der Waals surface area contributed by atoms with E-state index < -0.39 is 0 Å². The Hall–Kier alpha value is -0.780. The Kier molecular flexibility index (Phi) is 6.99. The molecule has 0 radical (unpaired) electrons. The number of allylic oxidation sites excluding steroid dienone is 6.